The van der Waals surface area contributed by atoms with Crippen LogP contribution in [0.5, 0.6) is 0 Å². The number of halogens is 1. The van der Waals surface area contributed by atoms with Crippen molar-refractivity contribution in [3.8, 4) is 11.1 Å². The van der Waals surface area contributed by atoms with Crippen LogP contribution in [0.3, 0.4) is 0 Å². The maximum atomic E-state index is 14.0. The lowest BCUT2D eigenvalue weighted by molar-refractivity contribution is 0.425. The number of aromatic nitrogens is 1. The Morgan fingerprint density at radius 1 is 1.05 bits per heavy atom. The molecule has 0 fully saturated rings. The van der Waals surface area contributed by atoms with Crippen LogP contribution in [0.15, 0.2) is 53.5 Å². The SMILES string of the molecule is O=c1[nH]ccc2cc(-c3cc(B(O)O)ccc3F)ccc12. The Bertz CT molecular complexity index is 876. The second-order valence-corrected chi connectivity index (χ2v) is 4.72. The molecule has 104 valence electrons. The van der Waals surface area contributed by atoms with Crippen molar-refractivity contribution in [2.45, 2.75) is 0 Å². The van der Waals surface area contributed by atoms with Gasteiger partial charge in [-0.3, -0.25) is 4.79 Å². The summed E-state index contributed by atoms with van der Waals surface area (Å²) in [6, 6.07) is 10.5. The van der Waals surface area contributed by atoms with Gasteiger partial charge in [-0.1, -0.05) is 18.2 Å². The van der Waals surface area contributed by atoms with Crippen molar-refractivity contribution in [2.75, 3.05) is 0 Å². The number of aromatic amines is 1. The van der Waals surface area contributed by atoms with Crippen LogP contribution in [-0.2, 0) is 0 Å². The van der Waals surface area contributed by atoms with Crippen molar-refractivity contribution in [3.63, 3.8) is 0 Å². The maximum absolute atomic E-state index is 14.0. The molecule has 0 amide bonds. The van der Waals surface area contributed by atoms with Gasteiger partial charge in [0, 0.05) is 17.1 Å². The molecule has 0 bridgehead atoms. The van der Waals surface area contributed by atoms with Gasteiger partial charge < -0.3 is 15.0 Å². The van der Waals surface area contributed by atoms with Crippen molar-refractivity contribution in [2.24, 2.45) is 0 Å². The Balaban J connectivity index is 2.21. The highest BCUT2D eigenvalue weighted by molar-refractivity contribution is 6.58. The average Bonchev–Trinajstić information content (AvgIpc) is 2.47. The number of fused-ring (bicyclic) bond motifs is 1. The fraction of sp³-hybridized carbons (Fsp3) is 0. The predicted molar refractivity (Wildman–Crippen MR) is 79.8 cm³/mol. The molecule has 0 atom stereocenters. The minimum atomic E-state index is -1.66. The lowest BCUT2D eigenvalue weighted by Gasteiger charge is -2.08. The van der Waals surface area contributed by atoms with Gasteiger partial charge in [-0.05, 0) is 40.7 Å². The zero-order chi connectivity index (χ0) is 15.0. The molecule has 6 heteroatoms. The summed E-state index contributed by atoms with van der Waals surface area (Å²) in [4.78, 5) is 14.2. The summed E-state index contributed by atoms with van der Waals surface area (Å²) < 4.78 is 14.0. The first-order valence-electron chi connectivity index (χ1n) is 6.33. The number of nitrogens with one attached hydrogen (secondary N) is 1. The number of rotatable bonds is 2. The number of hydrogen-bond acceptors (Lipinski definition) is 3. The molecule has 3 aromatic rings. The fourth-order valence-corrected chi connectivity index (χ4v) is 2.28. The van der Waals surface area contributed by atoms with Crippen LogP contribution < -0.4 is 11.0 Å². The zero-order valence-electron chi connectivity index (χ0n) is 10.9. The predicted octanol–water partition coefficient (Wildman–Crippen LogP) is 1.01. The van der Waals surface area contributed by atoms with E-state index in [0.29, 0.717) is 16.3 Å². The largest absolute Gasteiger partial charge is 0.488 e. The van der Waals surface area contributed by atoms with Crippen molar-refractivity contribution < 1.29 is 14.4 Å². The molecule has 1 aromatic heterocycles. The van der Waals surface area contributed by atoms with Gasteiger partial charge in [0.15, 0.2) is 0 Å². The monoisotopic (exact) mass is 283 g/mol. The van der Waals surface area contributed by atoms with Crippen molar-refractivity contribution in [1.29, 1.82) is 0 Å². The van der Waals surface area contributed by atoms with E-state index >= 15 is 0 Å². The summed E-state index contributed by atoms with van der Waals surface area (Å²) in [6.07, 6.45) is 1.53. The third-order valence-corrected chi connectivity index (χ3v) is 3.37. The van der Waals surface area contributed by atoms with E-state index in [9.17, 15) is 19.2 Å². The van der Waals surface area contributed by atoms with Crippen molar-refractivity contribution in [3.05, 3.63) is 64.8 Å². The zero-order valence-corrected chi connectivity index (χ0v) is 10.9. The summed E-state index contributed by atoms with van der Waals surface area (Å²) in [5.41, 5.74) is 0.812. The summed E-state index contributed by atoms with van der Waals surface area (Å²) >= 11 is 0. The van der Waals surface area contributed by atoms with Crippen LogP contribution >= 0.6 is 0 Å². The molecule has 3 N–H and O–H groups in total. The molecular formula is C15H11BFNO3. The van der Waals surface area contributed by atoms with Crippen LogP contribution in [0.25, 0.3) is 21.9 Å². The smallest absolute Gasteiger partial charge is 0.423 e. The van der Waals surface area contributed by atoms with E-state index in [4.69, 9.17) is 0 Å². The summed E-state index contributed by atoms with van der Waals surface area (Å²) in [7, 11) is -1.66. The van der Waals surface area contributed by atoms with Gasteiger partial charge in [-0.25, -0.2) is 4.39 Å². The third kappa shape index (κ3) is 2.46. The molecule has 2 aromatic carbocycles. The third-order valence-electron chi connectivity index (χ3n) is 3.37. The van der Waals surface area contributed by atoms with E-state index in [1.165, 1.54) is 24.4 Å². The molecule has 0 saturated heterocycles. The molecule has 0 aliphatic rings. The van der Waals surface area contributed by atoms with Gasteiger partial charge in [0.05, 0.1) is 0 Å². The topological polar surface area (TPSA) is 73.3 Å². The van der Waals surface area contributed by atoms with E-state index in [1.807, 2.05) is 0 Å². The van der Waals surface area contributed by atoms with Crippen LogP contribution in [0.4, 0.5) is 4.39 Å². The van der Waals surface area contributed by atoms with Crippen LogP contribution in [0.2, 0.25) is 0 Å². The van der Waals surface area contributed by atoms with E-state index < -0.39 is 12.9 Å². The highest BCUT2D eigenvalue weighted by Gasteiger charge is 2.14. The van der Waals surface area contributed by atoms with Crippen molar-refractivity contribution in [1.82, 2.24) is 4.98 Å². The molecular weight excluding hydrogens is 272 g/mol. The highest BCUT2D eigenvalue weighted by Crippen LogP contribution is 2.24. The number of benzene rings is 2. The second-order valence-electron chi connectivity index (χ2n) is 4.72. The first kappa shape index (κ1) is 13.5. The van der Waals surface area contributed by atoms with Gasteiger partial charge in [0.1, 0.15) is 5.82 Å². The summed E-state index contributed by atoms with van der Waals surface area (Å²) in [5, 5.41) is 19.6. The Labute approximate surface area is 119 Å². The number of hydrogen-bond donors (Lipinski definition) is 3. The molecule has 0 saturated carbocycles. The van der Waals surface area contributed by atoms with E-state index in [0.717, 1.165) is 0 Å². The molecule has 21 heavy (non-hydrogen) atoms. The lowest BCUT2D eigenvalue weighted by atomic mass is 9.79. The summed E-state index contributed by atoms with van der Waals surface area (Å²) in [5.74, 6) is -0.469. The maximum Gasteiger partial charge on any atom is 0.488 e. The molecule has 0 aliphatic carbocycles. The van der Waals surface area contributed by atoms with Gasteiger partial charge in [0.2, 0.25) is 0 Å². The Hall–Kier alpha value is -2.44. The van der Waals surface area contributed by atoms with Gasteiger partial charge in [0.25, 0.3) is 5.56 Å². The van der Waals surface area contributed by atoms with Gasteiger partial charge in [-0.15, -0.1) is 0 Å². The highest BCUT2D eigenvalue weighted by atomic mass is 19.1. The van der Waals surface area contributed by atoms with Crippen LogP contribution in [-0.4, -0.2) is 22.2 Å². The quantitative estimate of drug-likeness (QED) is 0.615. The molecule has 0 spiro atoms. The molecule has 0 unspecified atom stereocenters. The van der Waals surface area contributed by atoms with E-state index in [1.54, 1.807) is 24.3 Å². The minimum absolute atomic E-state index is 0.206. The van der Waals surface area contributed by atoms with Gasteiger partial charge in [-0.2, -0.15) is 0 Å². The Morgan fingerprint density at radius 3 is 2.62 bits per heavy atom. The number of pyridine rings is 1. The van der Waals surface area contributed by atoms with Crippen LogP contribution in [0, 0.1) is 5.82 Å². The van der Waals surface area contributed by atoms with Crippen LogP contribution in [0.1, 0.15) is 0 Å². The average molecular weight is 283 g/mol. The first-order chi connectivity index (χ1) is 10.1. The Kier molecular flexibility index (Phi) is 3.33. The molecule has 4 nitrogen and oxygen atoms in total. The lowest BCUT2D eigenvalue weighted by Crippen LogP contribution is -2.29. The fourth-order valence-electron chi connectivity index (χ4n) is 2.28. The second kappa shape index (κ2) is 5.16. The summed E-state index contributed by atoms with van der Waals surface area (Å²) in [6.45, 7) is 0. The van der Waals surface area contributed by atoms with E-state index in [2.05, 4.69) is 4.98 Å². The van der Waals surface area contributed by atoms with Crippen molar-refractivity contribution >= 4 is 23.4 Å². The number of H-pyrrole nitrogens is 1. The molecule has 3 rings (SSSR count). The standard InChI is InChI=1S/C15H11BFNO3/c17-14-4-2-11(16(20)21)8-13(14)9-1-3-12-10(7-9)5-6-18-15(12)19/h1-8,20-21H,(H,18,19). The van der Waals surface area contributed by atoms with Gasteiger partial charge >= 0.3 is 7.12 Å². The molecule has 0 aliphatic heterocycles. The molecule has 0 radical (unpaired) electrons. The first-order valence-corrected chi connectivity index (χ1v) is 6.33. The normalized spacial score (nSPS) is 10.8. The molecule has 1 heterocycles. The van der Waals surface area contributed by atoms with E-state index in [-0.39, 0.29) is 16.6 Å². The Morgan fingerprint density at radius 2 is 1.86 bits per heavy atom. The minimum Gasteiger partial charge on any atom is -0.423 e.